The third kappa shape index (κ3) is 3.40. The number of thiophene rings is 1. The molecule has 0 bridgehead atoms. The van der Waals surface area contributed by atoms with Crippen LogP contribution in [0.5, 0.6) is 0 Å². The molecule has 27 heavy (non-hydrogen) atoms. The fourth-order valence-electron chi connectivity index (χ4n) is 2.90. The van der Waals surface area contributed by atoms with Gasteiger partial charge in [-0.1, -0.05) is 17.8 Å². The molecule has 9 heteroatoms. The molecule has 0 saturated carbocycles. The van der Waals surface area contributed by atoms with Gasteiger partial charge in [-0.25, -0.2) is 9.97 Å². The summed E-state index contributed by atoms with van der Waals surface area (Å²) in [6.07, 6.45) is 3.45. The van der Waals surface area contributed by atoms with Gasteiger partial charge in [0.1, 0.15) is 16.2 Å². The summed E-state index contributed by atoms with van der Waals surface area (Å²) < 4.78 is 1.88. The Balaban J connectivity index is 1.46. The summed E-state index contributed by atoms with van der Waals surface area (Å²) in [5.74, 6) is 0.913. The summed E-state index contributed by atoms with van der Waals surface area (Å²) in [6, 6.07) is 5.46. The predicted molar refractivity (Wildman–Crippen MR) is 107 cm³/mol. The minimum absolute atomic E-state index is 0.0726. The molecule has 1 amide bonds. The lowest BCUT2D eigenvalue weighted by Gasteiger charge is -2.12. The summed E-state index contributed by atoms with van der Waals surface area (Å²) in [6.45, 7) is 6.05. The molecule has 4 heterocycles. The Labute approximate surface area is 164 Å². The zero-order valence-corrected chi connectivity index (χ0v) is 16.8. The maximum atomic E-state index is 12.5. The van der Waals surface area contributed by atoms with Crippen molar-refractivity contribution < 1.29 is 4.79 Å². The molecule has 7 nitrogen and oxygen atoms in total. The van der Waals surface area contributed by atoms with Crippen molar-refractivity contribution in [1.82, 2.24) is 29.9 Å². The number of hydrogen-bond donors (Lipinski definition) is 1. The van der Waals surface area contributed by atoms with E-state index in [0.717, 1.165) is 20.9 Å². The standard InChI is InChI=1S/C18H18N6OS2/c1-10-12(3)27-18-15(10)17(19-9-20-18)26-8-14(25)21-11(2)16-23-22-13-6-4-5-7-24(13)16/h4-7,9,11H,8H2,1-3H3,(H,21,25). The van der Waals surface area contributed by atoms with E-state index in [0.29, 0.717) is 5.82 Å². The number of carbonyl (C=O) groups excluding carboxylic acids is 1. The van der Waals surface area contributed by atoms with Crippen LogP contribution < -0.4 is 5.32 Å². The van der Waals surface area contributed by atoms with Crippen LogP contribution in [0.15, 0.2) is 35.7 Å². The van der Waals surface area contributed by atoms with Crippen LogP contribution in [0.2, 0.25) is 0 Å². The molecule has 0 aliphatic rings. The van der Waals surface area contributed by atoms with Crippen molar-refractivity contribution >= 4 is 44.9 Å². The molecule has 138 valence electrons. The summed E-state index contributed by atoms with van der Waals surface area (Å²) >= 11 is 3.08. The first-order valence-electron chi connectivity index (χ1n) is 8.47. The summed E-state index contributed by atoms with van der Waals surface area (Å²) in [5.41, 5.74) is 1.94. The van der Waals surface area contributed by atoms with Crippen molar-refractivity contribution in [1.29, 1.82) is 0 Å². The zero-order chi connectivity index (χ0) is 19.0. The van der Waals surface area contributed by atoms with Gasteiger partial charge in [-0.2, -0.15) is 0 Å². The first-order valence-corrected chi connectivity index (χ1v) is 10.3. The monoisotopic (exact) mass is 398 g/mol. The fourth-order valence-corrected chi connectivity index (χ4v) is 4.82. The highest BCUT2D eigenvalue weighted by Gasteiger charge is 2.17. The van der Waals surface area contributed by atoms with Crippen LogP contribution in [0.4, 0.5) is 0 Å². The summed E-state index contributed by atoms with van der Waals surface area (Å²) in [5, 5.41) is 13.2. The van der Waals surface area contributed by atoms with Crippen molar-refractivity contribution in [2.45, 2.75) is 31.8 Å². The minimum atomic E-state index is -0.244. The first kappa shape index (κ1) is 17.9. The van der Waals surface area contributed by atoms with Crippen LogP contribution >= 0.6 is 23.1 Å². The van der Waals surface area contributed by atoms with E-state index in [1.807, 2.05) is 35.7 Å². The largest absolute Gasteiger partial charge is 0.346 e. The van der Waals surface area contributed by atoms with Crippen LogP contribution in [0.1, 0.15) is 29.2 Å². The van der Waals surface area contributed by atoms with Crippen LogP contribution in [0, 0.1) is 13.8 Å². The Hall–Kier alpha value is -2.52. The molecule has 1 N–H and O–H groups in total. The van der Waals surface area contributed by atoms with Crippen LogP contribution in [-0.2, 0) is 4.79 Å². The third-order valence-electron chi connectivity index (χ3n) is 4.38. The van der Waals surface area contributed by atoms with Crippen molar-refractivity contribution in [2.24, 2.45) is 0 Å². The molecule has 0 fully saturated rings. The molecule has 0 aliphatic heterocycles. The zero-order valence-electron chi connectivity index (χ0n) is 15.1. The van der Waals surface area contributed by atoms with E-state index in [1.165, 1.54) is 22.2 Å². The molecule has 1 unspecified atom stereocenters. The van der Waals surface area contributed by atoms with Gasteiger partial charge >= 0.3 is 0 Å². The molecule has 0 radical (unpaired) electrons. The second kappa shape index (κ2) is 7.24. The van der Waals surface area contributed by atoms with Gasteiger partial charge in [-0.15, -0.1) is 21.5 Å². The number of aromatic nitrogens is 5. The van der Waals surface area contributed by atoms with Gasteiger partial charge in [0.05, 0.1) is 11.8 Å². The molecule has 4 aromatic heterocycles. The Kier molecular flexibility index (Phi) is 4.79. The second-order valence-corrected chi connectivity index (χ2v) is 8.37. The van der Waals surface area contributed by atoms with E-state index in [4.69, 9.17) is 0 Å². The van der Waals surface area contributed by atoms with E-state index < -0.39 is 0 Å². The average molecular weight is 399 g/mol. The maximum Gasteiger partial charge on any atom is 0.230 e. The van der Waals surface area contributed by atoms with Crippen LogP contribution in [0.25, 0.3) is 15.9 Å². The second-order valence-electron chi connectivity index (χ2n) is 6.21. The van der Waals surface area contributed by atoms with Gasteiger partial charge in [0.15, 0.2) is 11.5 Å². The van der Waals surface area contributed by atoms with Gasteiger partial charge in [0.25, 0.3) is 0 Å². The number of pyridine rings is 1. The number of fused-ring (bicyclic) bond motifs is 2. The normalized spacial score (nSPS) is 12.6. The third-order valence-corrected chi connectivity index (χ3v) is 6.48. The lowest BCUT2D eigenvalue weighted by atomic mass is 10.2. The average Bonchev–Trinajstić information content (AvgIpc) is 3.22. The molecule has 1 atom stereocenters. The lowest BCUT2D eigenvalue weighted by Crippen LogP contribution is -2.29. The Morgan fingerprint density at radius 2 is 2.15 bits per heavy atom. The number of carbonyl (C=O) groups is 1. The molecule has 4 rings (SSSR count). The molecule has 0 saturated heterocycles. The lowest BCUT2D eigenvalue weighted by molar-refractivity contribution is -0.119. The predicted octanol–water partition coefficient (Wildman–Crippen LogP) is 3.32. The van der Waals surface area contributed by atoms with Gasteiger partial charge in [0, 0.05) is 16.5 Å². The Bertz CT molecular complexity index is 1140. The van der Waals surface area contributed by atoms with Crippen molar-refractivity contribution in [3.8, 4) is 0 Å². The van der Waals surface area contributed by atoms with Gasteiger partial charge in [0.2, 0.25) is 5.91 Å². The number of amides is 1. The molecular formula is C18H18N6OS2. The Morgan fingerprint density at radius 3 is 3.00 bits per heavy atom. The Morgan fingerprint density at radius 1 is 1.30 bits per heavy atom. The molecule has 0 aliphatic carbocycles. The minimum Gasteiger partial charge on any atom is -0.346 e. The van der Waals surface area contributed by atoms with Crippen LogP contribution in [-0.4, -0.2) is 36.2 Å². The number of rotatable bonds is 5. The van der Waals surface area contributed by atoms with E-state index in [1.54, 1.807) is 17.7 Å². The van der Waals surface area contributed by atoms with Crippen molar-refractivity contribution in [2.75, 3.05) is 5.75 Å². The van der Waals surface area contributed by atoms with Gasteiger partial charge in [-0.3, -0.25) is 9.20 Å². The van der Waals surface area contributed by atoms with E-state index in [2.05, 4.69) is 39.3 Å². The quantitative estimate of drug-likeness (QED) is 0.410. The van der Waals surface area contributed by atoms with Gasteiger partial charge in [-0.05, 0) is 38.5 Å². The van der Waals surface area contributed by atoms with Gasteiger partial charge < -0.3 is 5.32 Å². The SMILES string of the molecule is Cc1sc2ncnc(SCC(=O)NC(C)c3nnc4ccccn34)c2c1C. The number of nitrogens with zero attached hydrogens (tertiary/aromatic N) is 5. The van der Waals surface area contributed by atoms with Crippen molar-refractivity contribution in [3.05, 3.63) is 47.0 Å². The molecule has 4 aromatic rings. The molecule has 0 spiro atoms. The van der Waals surface area contributed by atoms with E-state index >= 15 is 0 Å². The maximum absolute atomic E-state index is 12.5. The van der Waals surface area contributed by atoms with Crippen LogP contribution in [0.3, 0.4) is 0 Å². The number of thioether (sulfide) groups is 1. The van der Waals surface area contributed by atoms with E-state index in [9.17, 15) is 4.79 Å². The highest BCUT2D eigenvalue weighted by Crippen LogP contribution is 2.34. The smallest absolute Gasteiger partial charge is 0.230 e. The fraction of sp³-hybridized carbons (Fsp3) is 0.278. The topological polar surface area (TPSA) is 85.1 Å². The summed E-state index contributed by atoms with van der Waals surface area (Å²) in [7, 11) is 0. The first-order chi connectivity index (χ1) is 13.0. The molecule has 0 aromatic carbocycles. The van der Waals surface area contributed by atoms with E-state index in [-0.39, 0.29) is 17.7 Å². The summed E-state index contributed by atoms with van der Waals surface area (Å²) in [4.78, 5) is 23.4. The number of hydrogen-bond acceptors (Lipinski definition) is 7. The highest BCUT2D eigenvalue weighted by atomic mass is 32.2. The number of aryl methyl sites for hydroxylation is 2. The van der Waals surface area contributed by atoms with Crippen molar-refractivity contribution in [3.63, 3.8) is 0 Å². The molecular weight excluding hydrogens is 380 g/mol. The highest BCUT2D eigenvalue weighted by molar-refractivity contribution is 8.00. The number of nitrogens with one attached hydrogen (secondary N) is 1.